The molecule has 0 spiro atoms. The van der Waals surface area contributed by atoms with Gasteiger partial charge in [0, 0.05) is 22.2 Å². The molecule has 0 saturated heterocycles. The van der Waals surface area contributed by atoms with Crippen LogP contribution in [0.1, 0.15) is 58.2 Å². The van der Waals surface area contributed by atoms with Crippen molar-refractivity contribution < 1.29 is 23.9 Å². The summed E-state index contributed by atoms with van der Waals surface area (Å²) in [7, 11) is 0. The number of nitrogens with one attached hydrogen (secondary N) is 2. The first kappa shape index (κ1) is 29.6. The Morgan fingerprint density at radius 2 is 1.61 bits per heavy atom. The number of rotatable bonds is 10. The summed E-state index contributed by atoms with van der Waals surface area (Å²) in [5.41, 5.74) is 6.24. The Morgan fingerprint density at radius 3 is 2.27 bits per heavy atom. The molecule has 1 atom stereocenters. The maximum Gasteiger partial charge on any atom is 0.341 e. The SMILES string of the molecule is CCOC(=O)c1c(-c2ccc(C)cc2)csc1NC(=O)c1ccc(O[C@@H](C)C(=O)Nc2c(C)cccc2CC)cc1. The summed E-state index contributed by atoms with van der Waals surface area (Å²) in [4.78, 5) is 38.8. The fourth-order valence-electron chi connectivity index (χ4n) is 4.35. The number of thiophene rings is 1. The lowest BCUT2D eigenvalue weighted by molar-refractivity contribution is -0.122. The van der Waals surface area contributed by atoms with Crippen LogP contribution in [0.2, 0.25) is 0 Å². The average Bonchev–Trinajstić information content (AvgIpc) is 3.38. The fourth-order valence-corrected chi connectivity index (χ4v) is 5.30. The lowest BCUT2D eigenvalue weighted by Gasteiger charge is -2.18. The first-order valence-corrected chi connectivity index (χ1v) is 14.4. The third-order valence-electron chi connectivity index (χ3n) is 6.65. The smallest absolute Gasteiger partial charge is 0.341 e. The van der Waals surface area contributed by atoms with E-state index in [4.69, 9.17) is 9.47 Å². The Balaban J connectivity index is 1.45. The molecule has 2 N–H and O–H groups in total. The lowest BCUT2D eigenvalue weighted by Crippen LogP contribution is -2.30. The van der Waals surface area contributed by atoms with E-state index in [1.807, 2.05) is 68.6 Å². The fraction of sp³-hybridized carbons (Fsp3) is 0.242. The Bertz CT molecular complexity index is 1540. The highest BCUT2D eigenvalue weighted by Crippen LogP contribution is 2.36. The maximum absolute atomic E-state index is 13.1. The monoisotopic (exact) mass is 570 g/mol. The molecule has 0 aliphatic heterocycles. The van der Waals surface area contributed by atoms with Gasteiger partial charge in [-0.3, -0.25) is 9.59 Å². The van der Waals surface area contributed by atoms with Gasteiger partial charge in [0.15, 0.2) is 6.10 Å². The minimum atomic E-state index is -0.752. The standard InChI is InChI=1S/C33H34N2O5S/c1-6-23-10-8-9-21(4)29(23)34-30(36)22(5)40-26-17-15-25(16-18-26)31(37)35-32-28(33(38)39-7-2)27(19-41-32)24-13-11-20(3)12-14-24/h8-19,22H,6-7H2,1-5H3,(H,34,36)(H,35,37)/t22-/m0/s1. The third kappa shape index (κ3) is 7.02. The number of hydrogen-bond donors (Lipinski definition) is 2. The van der Waals surface area contributed by atoms with Crippen LogP contribution in [0, 0.1) is 13.8 Å². The van der Waals surface area contributed by atoms with Crippen molar-refractivity contribution in [2.75, 3.05) is 17.2 Å². The molecular weight excluding hydrogens is 536 g/mol. The van der Waals surface area contributed by atoms with E-state index in [1.54, 1.807) is 38.1 Å². The van der Waals surface area contributed by atoms with Crippen molar-refractivity contribution in [1.29, 1.82) is 0 Å². The van der Waals surface area contributed by atoms with Crippen LogP contribution in [0.25, 0.3) is 11.1 Å². The highest BCUT2D eigenvalue weighted by Gasteiger charge is 2.23. The molecule has 212 valence electrons. The number of aryl methyl sites for hydroxylation is 3. The van der Waals surface area contributed by atoms with Gasteiger partial charge in [-0.25, -0.2) is 4.79 Å². The maximum atomic E-state index is 13.1. The molecule has 0 saturated carbocycles. The summed E-state index contributed by atoms with van der Waals surface area (Å²) in [5, 5.41) is 8.10. The van der Waals surface area contributed by atoms with Crippen LogP contribution >= 0.6 is 11.3 Å². The van der Waals surface area contributed by atoms with E-state index in [9.17, 15) is 14.4 Å². The summed E-state index contributed by atoms with van der Waals surface area (Å²) >= 11 is 1.27. The number of para-hydroxylation sites is 1. The number of esters is 1. The summed E-state index contributed by atoms with van der Waals surface area (Å²) in [6.45, 7) is 9.64. The number of anilines is 2. The Morgan fingerprint density at radius 1 is 0.902 bits per heavy atom. The molecule has 4 aromatic rings. The van der Waals surface area contributed by atoms with Crippen molar-refractivity contribution in [2.24, 2.45) is 0 Å². The van der Waals surface area contributed by atoms with Crippen LogP contribution in [0.3, 0.4) is 0 Å². The van der Waals surface area contributed by atoms with Gasteiger partial charge in [0.1, 0.15) is 16.3 Å². The van der Waals surface area contributed by atoms with E-state index in [0.717, 1.165) is 34.4 Å². The molecule has 4 rings (SSSR count). The predicted octanol–water partition coefficient (Wildman–Crippen LogP) is 7.43. The lowest BCUT2D eigenvalue weighted by atomic mass is 10.0. The van der Waals surface area contributed by atoms with Crippen LogP contribution in [0.4, 0.5) is 10.7 Å². The summed E-state index contributed by atoms with van der Waals surface area (Å²) in [6.07, 6.45) is 0.0493. The highest BCUT2D eigenvalue weighted by molar-refractivity contribution is 7.15. The van der Waals surface area contributed by atoms with E-state index in [-0.39, 0.29) is 18.4 Å². The first-order valence-electron chi connectivity index (χ1n) is 13.5. The van der Waals surface area contributed by atoms with Crippen molar-refractivity contribution in [2.45, 2.75) is 47.1 Å². The van der Waals surface area contributed by atoms with E-state index in [2.05, 4.69) is 10.6 Å². The zero-order valence-electron chi connectivity index (χ0n) is 23.9. The Hall–Kier alpha value is -4.43. The van der Waals surface area contributed by atoms with Gasteiger partial charge >= 0.3 is 5.97 Å². The highest BCUT2D eigenvalue weighted by atomic mass is 32.1. The predicted molar refractivity (Wildman–Crippen MR) is 164 cm³/mol. The van der Waals surface area contributed by atoms with Crippen molar-refractivity contribution in [1.82, 2.24) is 0 Å². The molecule has 0 bridgehead atoms. The molecule has 0 unspecified atom stereocenters. The average molecular weight is 571 g/mol. The van der Waals surface area contributed by atoms with Crippen molar-refractivity contribution in [3.63, 3.8) is 0 Å². The summed E-state index contributed by atoms with van der Waals surface area (Å²) in [6, 6.07) is 20.3. The normalized spacial score (nSPS) is 11.4. The molecule has 0 aliphatic rings. The number of hydrogen-bond acceptors (Lipinski definition) is 6. The molecule has 1 heterocycles. The molecule has 0 fully saturated rings. The van der Waals surface area contributed by atoms with Gasteiger partial charge in [0.05, 0.1) is 6.61 Å². The minimum absolute atomic E-state index is 0.220. The Labute approximate surface area is 244 Å². The van der Waals surface area contributed by atoms with E-state index in [1.165, 1.54) is 11.3 Å². The second-order valence-electron chi connectivity index (χ2n) is 9.63. The second kappa shape index (κ2) is 13.3. The van der Waals surface area contributed by atoms with Crippen LogP contribution in [0.5, 0.6) is 5.75 Å². The molecule has 3 aromatic carbocycles. The van der Waals surface area contributed by atoms with Gasteiger partial charge in [-0.05, 0) is 75.1 Å². The van der Waals surface area contributed by atoms with Crippen LogP contribution < -0.4 is 15.4 Å². The van der Waals surface area contributed by atoms with Crippen LogP contribution in [-0.2, 0) is 16.0 Å². The van der Waals surface area contributed by atoms with Crippen LogP contribution in [-0.4, -0.2) is 30.5 Å². The minimum Gasteiger partial charge on any atom is -0.481 e. The van der Waals surface area contributed by atoms with Crippen molar-refractivity contribution in [3.05, 3.63) is 99.9 Å². The molecule has 1 aromatic heterocycles. The topological polar surface area (TPSA) is 93.7 Å². The molecule has 2 amide bonds. The van der Waals surface area contributed by atoms with Gasteiger partial charge < -0.3 is 20.1 Å². The first-order chi connectivity index (χ1) is 19.7. The summed E-state index contributed by atoms with van der Waals surface area (Å²) < 4.78 is 11.1. The van der Waals surface area contributed by atoms with E-state index in [0.29, 0.717) is 27.4 Å². The molecule has 41 heavy (non-hydrogen) atoms. The molecule has 8 heteroatoms. The largest absolute Gasteiger partial charge is 0.481 e. The van der Waals surface area contributed by atoms with Gasteiger partial charge in [0.2, 0.25) is 0 Å². The third-order valence-corrected chi connectivity index (χ3v) is 7.54. The number of carbonyl (C=O) groups is 3. The van der Waals surface area contributed by atoms with Gasteiger partial charge in [-0.2, -0.15) is 0 Å². The van der Waals surface area contributed by atoms with Crippen LogP contribution in [0.15, 0.2) is 72.1 Å². The quantitative estimate of drug-likeness (QED) is 0.193. The van der Waals surface area contributed by atoms with E-state index >= 15 is 0 Å². The van der Waals surface area contributed by atoms with Crippen molar-refractivity contribution in [3.8, 4) is 16.9 Å². The van der Waals surface area contributed by atoms with Crippen molar-refractivity contribution >= 4 is 39.8 Å². The molecular formula is C33H34N2O5S. The number of amides is 2. The summed E-state index contributed by atoms with van der Waals surface area (Å²) in [5.74, 6) is -0.677. The molecule has 0 aliphatic carbocycles. The van der Waals surface area contributed by atoms with Gasteiger partial charge in [-0.15, -0.1) is 11.3 Å². The number of carbonyl (C=O) groups excluding carboxylic acids is 3. The second-order valence-corrected chi connectivity index (χ2v) is 10.5. The molecule has 7 nitrogen and oxygen atoms in total. The Kier molecular flexibility index (Phi) is 9.57. The number of ether oxygens (including phenoxy) is 2. The zero-order chi connectivity index (χ0) is 29.5. The van der Waals surface area contributed by atoms with E-state index < -0.39 is 12.1 Å². The zero-order valence-corrected chi connectivity index (χ0v) is 24.7. The van der Waals surface area contributed by atoms with Gasteiger partial charge in [-0.1, -0.05) is 55.0 Å². The molecule has 0 radical (unpaired) electrons. The number of benzene rings is 3. The van der Waals surface area contributed by atoms with Gasteiger partial charge in [0.25, 0.3) is 11.8 Å².